The summed E-state index contributed by atoms with van der Waals surface area (Å²) in [5.74, 6) is -3.02. The fourth-order valence-corrected chi connectivity index (χ4v) is 3.68. The second-order valence-electron chi connectivity index (χ2n) is 6.20. The number of carbonyl (C=O) groups excluding carboxylic acids is 1. The largest absolute Gasteiger partial charge is 0.506 e. The number of ether oxygens (including phenoxy) is 1. The second kappa shape index (κ2) is 8.84. The van der Waals surface area contributed by atoms with Crippen molar-refractivity contribution in [3.63, 3.8) is 0 Å². The summed E-state index contributed by atoms with van der Waals surface area (Å²) in [5, 5.41) is 20.3. The number of hydrogen-bond donors (Lipinski definition) is 2. The summed E-state index contributed by atoms with van der Waals surface area (Å²) >= 11 is 0.770. The van der Waals surface area contributed by atoms with Crippen LogP contribution >= 0.6 is 11.8 Å². The van der Waals surface area contributed by atoms with Gasteiger partial charge in [-0.2, -0.15) is 13.2 Å². The molecule has 0 radical (unpaired) electrons. The van der Waals surface area contributed by atoms with Crippen LogP contribution in [-0.4, -0.2) is 27.8 Å². The molecule has 0 aliphatic carbocycles. The lowest BCUT2D eigenvalue weighted by Gasteiger charge is -2.07. The van der Waals surface area contributed by atoms with Crippen molar-refractivity contribution in [2.75, 3.05) is 6.61 Å². The van der Waals surface area contributed by atoms with Crippen LogP contribution in [-0.2, 0) is 15.7 Å². The number of esters is 1. The number of aliphatic hydroxyl groups is 1. The van der Waals surface area contributed by atoms with Crippen molar-refractivity contribution in [1.82, 2.24) is 0 Å². The highest BCUT2D eigenvalue weighted by Crippen LogP contribution is 2.41. The van der Waals surface area contributed by atoms with E-state index in [4.69, 9.17) is 4.74 Å². The van der Waals surface area contributed by atoms with Gasteiger partial charge in [0.25, 0.3) is 0 Å². The van der Waals surface area contributed by atoms with E-state index >= 15 is 0 Å². The zero-order valence-corrected chi connectivity index (χ0v) is 16.7. The molecule has 3 rings (SSSR count). The van der Waals surface area contributed by atoms with Crippen molar-refractivity contribution in [2.45, 2.75) is 13.1 Å². The van der Waals surface area contributed by atoms with Crippen LogP contribution in [0.4, 0.5) is 23.2 Å². The number of carbonyl (C=O) groups is 1. The molecule has 0 fully saturated rings. The quantitative estimate of drug-likeness (QED) is 0.456. The SMILES string of the molecule is CCOC(=O)C1=C(O)C(=Cc2cccc(F)c2O)SC1=Nc1cccc(C(F)(F)F)c1. The first-order chi connectivity index (χ1) is 14.6. The Bertz CT molecular complexity index is 1120. The Kier molecular flexibility index (Phi) is 6.40. The zero-order chi connectivity index (χ0) is 22.8. The Balaban J connectivity index is 2.09. The molecule has 0 bridgehead atoms. The number of aliphatic imine (C=N–C) groups is 1. The fraction of sp³-hybridized carbons (Fsp3) is 0.143. The smallest absolute Gasteiger partial charge is 0.416 e. The second-order valence-corrected chi connectivity index (χ2v) is 7.23. The lowest BCUT2D eigenvalue weighted by molar-refractivity contribution is -0.138. The van der Waals surface area contributed by atoms with Gasteiger partial charge in [0.05, 0.1) is 22.8 Å². The topological polar surface area (TPSA) is 79.1 Å². The molecule has 1 aliphatic rings. The minimum absolute atomic E-state index is 0.0130. The molecule has 1 heterocycles. The average Bonchev–Trinajstić information content (AvgIpc) is 3.00. The standard InChI is InChI=1S/C21H15F4NO4S/c1-2-30-20(29)16-18(28)15(9-11-5-3-8-14(22)17(11)27)31-19(16)26-13-7-4-6-12(10-13)21(23,24)25/h3-10,27-28H,2H2,1H3. The summed E-state index contributed by atoms with van der Waals surface area (Å²) in [6.07, 6.45) is -3.35. The number of halogens is 4. The van der Waals surface area contributed by atoms with Crippen LogP contribution in [0.2, 0.25) is 0 Å². The van der Waals surface area contributed by atoms with E-state index in [0.29, 0.717) is 0 Å². The first kappa shape index (κ1) is 22.4. The molecule has 0 aromatic heterocycles. The van der Waals surface area contributed by atoms with Crippen LogP contribution in [0.3, 0.4) is 0 Å². The minimum Gasteiger partial charge on any atom is -0.506 e. The van der Waals surface area contributed by atoms with E-state index in [2.05, 4.69) is 4.99 Å². The molecule has 5 nitrogen and oxygen atoms in total. The summed E-state index contributed by atoms with van der Waals surface area (Å²) in [6, 6.07) is 7.91. The number of rotatable bonds is 4. The molecule has 0 unspecified atom stereocenters. The highest BCUT2D eigenvalue weighted by atomic mass is 32.2. The highest BCUT2D eigenvalue weighted by Gasteiger charge is 2.34. The molecule has 0 saturated carbocycles. The van der Waals surface area contributed by atoms with E-state index in [1.807, 2.05) is 0 Å². The van der Waals surface area contributed by atoms with Gasteiger partial charge in [-0.3, -0.25) is 0 Å². The predicted molar refractivity (Wildman–Crippen MR) is 108 cm³/mol. The Labute approximate surface area is 178 Å². The molecule has 1 aliphatic heterocycles. The van der Waals surface area contributed by atoms with Gasteiger partial charge >= 0.3 is 12.1 Å². The van der Waals surface area contributed by atoms with Crippen LogP contribution in [0.1, 0.15) is 18.1 Å². The maximum Gasteiger partial charge on any atom is 0.416 e. The third-order valence-corrected chi connectivity index (χ3v) is 5.10. The third-order valence-electron chi connectivity index (χ3n) is 4.08. The van der Waals surface area contributed by atoms with E-state index in [1.165, 1.54) is 24.3 Å². The van der Waals surface area contributed by atoms with Gasteiger partial charge in [0.1, 0.15) is 16.4 Å². The van der Waals surface area contributed by atoms with Crippen LogP contribution < -0.4 is 0 Å². The lowest BCUT2D eigenvalue weighted by atomic mass is 10.1. The number of aliphatic hydroxyl groups excluding tert-OH is 1. The van der Waals surface area contributed by atoms with Crippen LogP contribution in [0.15, 0.2) is 63.7 Å². The number of hydrogen-bond acceptors (Lipinski definition) is 6. The predicted octanol–water partition coefficient (Wildman–Crippen LogP) is 5.74. The third kappa shape index (κ3) is 4.91. The van der Waals surface area contributed by atoms with E-state index in [-0.39, 0.29) is 33.4 Å². The molecule has 0 atom stereocenters. The Morgan fingerprint density at radius 2 is 1.90 bits per heavy atom. The van der Waals surface area contributed by atoms with E-state index in [0.717, 1.165) is 36.0 Å². The molecule has 2 N–H and O–H groups in total. The number of thioether (sulfide) groups is 1. The van der Waals surface area contributed by atoms with E-state index in [1.54, 1.807) is 6.92 Å². The first-order valence-electron chi connectivity index (χ1n) is 8.86. The Morgan fingerprint density at radius 1 is 1.19 bits per heavy atom. The number of benzene rings is 2. The van der Waals surface area contributed by atoms with Crippen LogP contribution in [0.5, 0.6) is 5.75 Å². The molecule has 162 valence electrons. The summed E-state index contributed by atoms with van der Waals surface area (Å²) in [5.41, 5.74) is -1.34. The van der Waals surface area contributed by atoms with Crippen molar-refractivity contribution >= 4 is 34.5 Å². The van der Waals surface area contributed by atoms with Gasteiger partial charge in [0, 0.05) is 5.56 Å². The number of para-hydroxylation sites is 1. The van der Waals surface area contributed by atoms with Crippen molar-refractivity contribution in [3.8, 4) is 5.75 Å². The lowest BCUT2D eigenvalue weighted by Crippen LogP contribution is -2.13. The van der Waals surface area contributed by atoms with Gasteiger partial charge < -0.3 is 14.9 Å². The van der Waals surface area contributed by atoms with Crippen molar-refractivity contribution in [2.24, 2.45) is 4.99 Å². The number of phenols is 1. The number of nitrogens with zero attached hydrogens (tertiary/aromatic N) is 1. The van der Waals surface area contributed by atoms with E-state index < -0.39 is 35.0 Å². The maximum absolute atomic E-state index is 13.6. The molecular weight excluding hydrogens is 438 g/mol. The average molecular weight is 453 g/mol. The number of alkyl halides is 3. The van der Waals surface area contributed by atoms with Gasteiger partial charge in [-0.15, -0.1) is 0 Å². The molecule has 2 aromatic rings. The van der Waals surface area contributed by atoms with E-state index in [9.17, 15) is 32.6 Å². The Morgan fingerprint density at radius 3 is 2.58 bits per heavy atom. The molecular formula is C21H15F4NO4S. The normalized spacial score (nSPS) is 16.9. The minimum atomic E-state index is -4.58. The summed E-state index contributed by atoms with van der Waals surface area (Å²) in [4.78, 5) is 16.5. The van der Waals surface area contributed by atoms with Crippen molar-refractivity contribution < 1.29 is 37.3 Å². The van der Waals surface area contributed by atoms with Gasteiger partial charge in [-0.25, -0.2) is 14.2 Å². The number of aromatic hydroxyl groups is 1. The molecule has 10 heteroatoms. The van der Waals surface area contributed by atoms with Gasteiger partial charge in [-0.05, 0) is 37.3 Å². The Hall–Kier alpha value is -3.27. The molecule has 2 aromatic carbocycles. The molecule has 0 spiro atoms. The van der Waals surface area contributed by atoms with Crippen molar-refractivity contribution in [1.29, 1.82) is 0 Å². The summed E-state index contributed by atoms with van der Waals surface area (Å²) in [7, 11) is 0. The van der Waals surface area contributed by atoms with Gasteiger partial charge in [0.2, 0.25) is 0 Å². The van der Waals surface area contributed by atoms with Gasteiger partial charge in [-0.1, -0.05) is 30.0 Å². The fourth-order valence-electron chi connectivity index (χ4n) is 2.65. The molecule has 0 amide bonds. The maximum atomic E-state index is 13.6. The molecule has 0 saturated heterocycles. The summed E-state index contributed by atoms with van der Waals surface area (Å²) < 4.78 is 57.5. The van der Waals surface area contributed by atoms with Crippen LogP contribution in [0, 0.1) is 5.82 Å². The van der Waals surface area contributed by atoms with Crippen LogP contribution in [0.25, 0.3) is 6.08 Å². The highest BCUT2D eigenvalue weighted by molar-refractivity contribution is 8.18. The monoisotopic (exact) mass is 453 g/mol. The zero-order valence-electron chi connectivity index (χ0n) is 15.9. The number of phenolic OH excluding ortho intramolecular Hbond substituents is 1. The first-order valence-corrected chi connectivity index (χ1v) is 9.67. The van der Waals surface area contributed by atoms with Gasteiger partial charge in [0.15, 0.2) is 11.6 Å². The molecule has 31 heavy (non-hydrogen) atoms. The summed E-state index contributed by atoms with van der Waals surface area (Å²) in [6.45, 7) is 1.53. The van der Waals surface area contributed by atoms with Crippen molar-refractivity contribution in [3.05, 3.63) is 75.6 Å².